The molecule has 0 bridgehead atoms. The zero-order chi connectivity index (χ0) is 21.0. The maximum absolute atomic E-state index is 12.3. The van der Waals surface area contributed by atoms with Crippen LogP contribution in [-0.4, -0.2) is 36.5 Å². The van der Waals surface area contributed by atoms with Crippen molar-refractivity contribution in [2.24, 2.45) is 0 Å². The summed E-state index contributed by atoms with van der Waals surface area (Å²) in [6, 6.07) is 12.7. The van der Waals surface area contributed by atoms with E-state index in [2.05, 4.69) is 48.6 Å². The molecule has 0 aliphatic carbocycles. The molecule has 9 heteroatoms. The Balaban J connectivity index is 1.69. The quantitative estimate of drug-likeness (QED) is 0.248. The largest absolute Gasteiger partial charge is 0.488 e. The number of ether oxygens (including phenoxy) is 2. The number of carbonyl (C=O) groups excluding carboxylic acids is 3. The SMILES string of the molecule is COC(=O)CN1C(=O)N/C(=C/c2ccc(OCc3ccc(I)cc3)c(Br)c2)C1=O. The third kappa shape index (κ3) is 5.36. The Bertz CT molecular complexity index is 991. The van der Waals surface area contributed by atoms with Crippen LogP contribution in [0.4, 0.5) is 4.79 Å². The molecule has 0 spiro atoms. The molecule has 1 aliphatic heterocycles. The molecule has 1 fully saturated rings. The van der Waals surface area contributed by atoms with E-state index in [-0.39, 0.29) is 5.70 Å². The number of halogens is 2. The summed E-state index contributed by atoms with van der Waals surface area (Å²) in [4.78, 5) is 36.4. The number of amides is 3. The van der Waals surface area contributed by atoms with Crippen molar-refractivity contribution in [2.45, 2.75) is 6.61 Å². The van der Waals surface area contributed by atoms with Gasteiger partial charge in [-0.1, -0.05) is 18.2 Å². The molecule has 0 unspecified atom stereocenters. The van der Waals surface area contributed by atoms with Gasteiger partial charge in [0.25, 0.3) is 5.91 Å². The van der Waals surface area contributed by atoms with E-state index in [1.165, 1.54) is 13.2 Å². The minimum absolute atomic E-state index is 0.0818. The van der Waals surface area contributed by atoms with Gasteiger partial charge in [0, 0.05) is 3.57 Å². The molecule has 0 saturated carbocycles. The van der Waals surface area contributed by atoms with Crippen LogP contribution < -0.4 is 10.1 Å². The number of benzene rings is 2. The molecule has 0 radical (unpaired) electrons. The lowest BCUT2D eigenvalue weighted by Gasteiger charge is -2.10. The molecule has 150 valence electrons. The van der Waals surface area contributed by atoms with Gasteiger partial charge >= 0.3 is 12.0 Å². The number of hydrogen-bond acceptors (Lipinski definition) is 5. The van der Waals surface area contributed by atoms with Crippen molar-refractivity contribution >= 4 is 62.5 Å². The van der Waals surface area contributed by atoms with E-state index < -0.39 is 24.5 Å². The van der Waals surface area contributed by atoms with E-state index in [1.807, 2.05) is 24.3 Å². The second-order valence-corrected chi connectivity index (χ2v) is 8.16. The van der Waals surface area contributed by atoms with Gasteiger partial charge in [0.2, 0.25) is 0 Å². The Morgan fingerprint density at radius 2 is 1.93 bits per heavy atom. The fourth-order valence-corrected chi connectivity index (χ4v) is 3.41. The Morgan fingerprint density at radius 3 is 2.59 bits per heavy atom. The summed E-state index contributed by atoms with van der Waals surface area (Å²) in [5.41, 5.74) is 1.81. The Hall–Kier alpha value is -2.40. The molecule has 1 aliphatic rings. The molecule has 2 aromatic rings. The van der Waals surface area contributed by atoms with Crippen LogP contribution in [-0.2, 0) is 20.9 Å². The van der Waals surface area contributed by atoms with E-state index in [1.54, 1.807) is 18.2 Å². The summed E-state index contributed by atoms with van der Waals surface area (Å²) in [5, 5.41) is 2.46. The molecule has 0 aromatic heterocycles. The first-order valence-corrected chi connectivity index (χ1v) is 10.3. The van der Waals surface area contributed by atoms with E-state index in [0.29, 0.717) is 22.4 Å². The smallest absolute Gasteiger partial charge is 0.329 e. The number of imide groups is 1. The number of nitrogens with zero attached hydrogens (tertiary/aromatic N) is 1. The Morgan fingerprint density at radius 1 is 1.21 bits per heavy atom. The van der Waals surface area contributed by atoms with E-state index >= 15 is 0 Å². The van der Waals surface area contributed by atoms with Crippen LogP contribution in [0.2, 0.25) is 0 Å². The number of hydrogen-bond donors (Lipinski definition) is 1. The second kappa shape index (κ2) is 9.40. The third-order valence-electron chi connectivity index (χ3n) is 4.05. The minimum atomic E-state index is -0.674. The average Bonchev–Trinajstić information content (AvgIpc) is 2.96. The molecule has 7 nitrogen and oxygen atoms in total. The van der Waals surface area contributed by atoms with Gasteiger partial charge in [-0.25, -0.2) is 9.69 Å². The highest BCUT2D eigenvalue weighted by molar-refractivity contribution is 14.1. The molecule has 0 atom stereocenters. The van der Waals surface area contributed by atoms with Crippen LogP contribution in [0, 0.1) is 3.57 Å². The van der Waals surface area contributed by atoms with Crippen LogP contribution in [0.15, 0.2) is 52.6 Å². The zero-order valence-electron chi connectivity index (χ0n) is 15.3. The lowest BCUT2D eigenvalue weighted by atomic mass is 10.2. The molecule has 1 heterocycles. The van der Waals surface area contributed by atoms with Crippen molar-refractivity contribution in [2.75, 3.05) is 13.7 Å². The monoisotopic (exact) mass is 570 g/mol. The number of methoxy groups -OCH3 is 1. The molecule has 3 amide bonds. The maximum atomic E-state index is 12.3. The first-order valence-electron chi connectivity index (χ1n) is 8.45. The van der Waals surface area contributed by atoms with Crippen LogP contribution >= 0.6 is 38.5 Å². The van der Waals surface area contributed by atoms with Crippen molar-refractivity contribution < 1.29 is 23.9 Å². The van der Waals surface area contributed by atoms with Crippen molar-refractivity contribution in [3.63, 3.8) is 0 Å². The van der Waals surface area contributed by atoms with E-state index in [0.717, 1.165) is 14.0 Å². The van der Waals surface area contributed by atoms with Crippen molar-refractivity contribution in [3.05, 3.63) is 67.3 Å². The van der Waals surface area contributed by atoms with E-state index in [9.17, 15) is 14.4 Å². The number of carbonyl (C=O) groups is 3. The summed E-state index contributed by atoms with van der Waals surface area (Å²) < 4.78 is 12.2. The van der Waals surface area contributed by atoms with Crippen molar-refractivity contribution in [1.29, 1.82) is 0 Å². The lowest BCUT2D eigenvalue weighted by molar-refractivity contribution is -0.143. The molecular weight excluding hydrogens is 555 g/mol. The fourth-order valence-electron chi connectivity index (χ4n) is 2.54. The summed E-state index contributed by atoms with van der Waals surface area (Å²) in [6.07, 6.45) is 1.53. The normalized spacial score (nSPS) is 14.9. The highest BCUT2D eigenvalue weighted by atomic mass is 127. The maximum Gasteiger partial charge on any atom is 0.329 e. The number of urea groups is 1. The topological polar surface area (TPSA) is 84.9 Å². The minimum Gasteiger partial charge on any atom is -0.488 e. The average molecular weight is 571 g/mol. The summed E-state index contributed by atoms with van der Waals surface area (Å²) >= 11 is 5.71. The zero-order valence-corrected chi connectivity index (χ0v) is 19.0. The molecule has 1 saturated heterocycles. The van der Waals surface area contributed by atoms with Gasteiger partial charge in [-0.05, 0) is 80.0 Å². The predicted molar refractivity (Wildman–Crippen MR) is 118 cm³/mol. The van der Waals surface area contributed by atoms with Gasteiger partial charge in [-0.2, -0.15) is 0 Å². The lowest BCUT2D eigenvalue weighted by Crippen LogP contribution is -2.36. The first kappa shape index (κ1) is 21.3. The summed E-state index contributed by atoms with van der Waals surface area (Å²) in [6.45, 7) is -0.0134. The number of nitrogens with one attached hydrogen (secondary N) is 1. The molecule has 2 aromatic carbocycles. The Labute approximate surface area is 189 Å². The van der Waals surface area contributed by atoms with Gasteiger partial charge < -0.3 is 14.8 Å². The highest BCUT2D eigenvalue weighted by Gasteiger charge is 2.35. The van der Waals surface area contributed by atoms with Gasteiger partial charge in [-0.3, -0.25) is 9.59 Å². The predicted octanol–water partition coefficient (Wildman–Crippen LogP) is 3.70. The number of esters is 1. The van der Waals surface area contributed by atoms with Gasteiger partial charge in [-0.15, -0.1) is 0 Å². The van der Waals surface area contributed by atoms with Crippen molar-refractivity contribution in [1.82, 2.24) is 10.2 Å². The standard InChI is InChI=1S/C20H16BrIN2O5/c1-28-18(25)10-24-19(26)16(23-20(24)27)9-13-4-7-17(15(21)8-13)29-11-12-2-5-14(22)6-3-12/h2-9H,10-11H2,1H3,(H,23,27)/b16-9+. The second-order valence-electron chi connectivity index (χ2n) is 6.06. The van der Waals surface area contributed by atoms with Gasteiger partial charge in [0.05, 0.1) is 11.6 Å². The van der Waals surface area contributed by atoms with Crippen LogP contribution in [0.25, 0.3) is 6.08 Å². The molecule has 3 rings (SSSR count). The fraction of sp³-hybridized carbons (Fsp3) is 0.150. The molecule has 1 N–H and O–H groups in total. The summed E-state index contributed by atoms with van der Waals surface area (Å²) in [5.74, 6) is -0.609. The first-order chi connectivity index (χ1) is 13.9. The van der Waals surface area contributed by atoms with E-state index in [4.69, 9.17) is 4.74 Å². The van der Waals surface area contributed by atoms with Gasteiger partial charge in [0.15, 0.2) is 0 Å². The van der Waals surface area contributed by atoms with Crippen molar-refractivity contribution in [3.8, 4) is 5.75 Å². The third-order valence-corrected chi connectivity index (χ3v) is 5.39. The number of rotatable bonds is 6. The molecular formula is C20H16BrIN2O5. The summed E-state index contributed by atoms with van der Waals surface area (Å²) in [7, 11) is 1.19. The van der Waals surface area contributed by atoms with Crippen LogP contribution in [0.3, 0.4) is 0 Å². The van der Waals surface area contributed by atoms with Crippen LogP contribution in [0.1, 0.15) is 11.1 Å². The highest BCUT2D eigenvalue weighted by Crippen LogP contribution is 2.28. The van der Waals surface area contributed by atoms with Gasteiger partial charge in [0.1, 0.15) is 24.6 Å². The van der Waals surface area contributed by atoms with Crippen LogP contribution in [0.5, 0.6) is 5.75 Å². The Kier molecular flexibility index (Phi) is 6.91. The molecule has 29 heavy (non-hydrogen) atoms.